The molecule has 8 heteroatoms. The number of hydrogen-bond acceptors (Lipinski definition) is 5. The van der Waals surface area contributed by atoms with Gasteiger partial charge in [-0.25, -0.2) is 4.98 Å². The molecule has 0 bridgehead atoms. The van der Waals surface area contributed by atoms with Gasteiger partial charge in [0.25, 0.3) is 11.5 Å². The molecule has 0 atom stereocenters. The fraction of sp³-hybridized carbons (Fsp3) is 0.333. The number of fused-ring (bicyclic) bond motifs is 1. The number of thiazole rings is 1. The largest absolute Gasteiger partial charge is 0.319 e. The summed E-state index contributed by atoms with van der Waals surface area (Å²) < 4.78 is 3.12. The molecule has 3 heterocycles. The fourth-order valence-electron chi connectivity index (χ4n) is 2.42. The van der Waals surface area contributed by atoms with Gasteiger partial charge in [0.1, 0.15) is 5.56 Å². The van der Waals surface area contributed by atoms with Gasteiger partial charge in [0.05, 0.1) is 11.4 Å². The number of carbonyl (C=O) groups excluding carboxylic acids is 1. The van der Waals surface area contributed by atoms with E-state index in [2.05, 4.69) is 15.4 Å². The second-order valence-corrected chi connectivity index (χ2v) is 6.49. The van der Waals surface area contributed by atoms with Crippen LogP contribution < -0.4 is 10.9 Å². The number of amides is 1. The molecule has 0 saturated carbocycles. The maximum atomic E-state index is 12.6. The summed E-state index contributed by atoms with van der Waals surface area (Å²) in [5, 5.41) is 7.03. The summed E-state index contributed by atoms with van der Waals surface area (Å²) in [4.78, 5) is 30.9. The van der Waals surface area contributed by atoms with Gasteiger partial charge < -0.3 is 5.32 Å². The van der Waals surface area contributed by atoms with Crippen molar-refractivity contribution in [2.24, 2.45) is 7.05 Å². The number of rotatable bonds is 3. The molecule has 3 aromatic rings. The molecule has 0 spiro atoms. The third kappa shape index (κ3) is 2.55. The maximum absolute atomic E-state index is 12.6. The Morgan fingerprint density at radius 2 is 2.13 bits per heavy atom. The zero-order valence-electron chi connectivity index (χ0n) is 13.4. The molecule has 7 nitrogen and oxygen atoms in total. The van der Waals surface area contributed by atoms with Gasteiger partial charge in [-0.3, -0.25) is 18.7 Å². The van der Waals surface area contributed by atoms with E-state index in [9.17, 15) is 9.59 Å². The second-order valence-electron chi connectivity index (χ2n) is 5.31. The smallest absolute Gasteiger partial charge is 0.271 e. The lowest BCUT2D eigenvalue weighted by Crippen LogP contribution is -2.26. The molecule has 1 amide bonds. The molecule has 0 aliphatic rings. The molecular formula is C15H17N5O2S. The zero-order valence-corrected chi connectivity index (χ0v) is 14.2. The van der Waals surface area contributed by atoms with Crippen LogP contribution in [0.4, 0.5) is 5.69 Å². The van der Waals surface area contributed by atoms with E-state index in [4.69, 9.17) is 0 Å². The number of hydrogen-bond donors (Lipinski definition) is 1. The Morgan fingerprint density at radius 3 is 2.83 bits per heavy atom. The molecule has 0 aromatic carbocycles. The Labute approximate surface area is 136 Å². The van der Waals surface area contributed by atoms with Crippen molar-refractivity contribution in [1.29, 1.82) is 0 Å². The quantitative estimate of drug-likeness (QED) is 0.795. The van der Waals surface area contributed by atoms with Gasteiger partial charge in [0.2, 0.25) is 0 Å². The first kappa shape index (κ1) is 15.4. The van der Waals surface area contributed by atoms with Crippen molar-refractivity contribution >= 4 is 27.9 Å². The van der Waals surface area contributed by atoms with E-state index in [0.717, 1.165) is 16.3 Å². The summed E-state index contributed by atoms with van der Waals surface area (Å²) in [5.74, 6) is -0.470. The lowest BCUT2D eigenvalue weighted by atomic mass is 10.2. The average molecular weight is 331 g/mol. The zero-order chi connectivity index (χ0) is 16.7. The second kappa shape index (κ2) is 5.62. The highest BCUT2D eigenvalue weighted by atomic mass is 32.1. The standard InChI is InChI=1S/C15H17N5O2S/c1-5-11-12(7-19(4)18-11)17-13(21)10-6-16-15-20(14(10)22)8(2)9(3)23-15/h6-7H,5H2,1-4H3,(H,17,21). The third-order valence-corrected chi connectivity index (χ3v) is 4.82. The normalized spacial score (nSPS) is 11.1. The Balaban J connectivity index is 2.03. The van der Waals surface area contributed by atoms with Gasteiger partial charge in [0.15, 0.2) is 4.96 Å². The van der Waals surface area contributed by atoms with Gasteiger partial charge in [0, 0.05) is 30.0 Å². The molecule has 3 aromatic heterocycles. The Kier molecular flexibility index (Phi) is 3.77. The fourth-order valence-corrected chi connectivity index (χ4v) is 3.35. The lowest BCUT2D eigenvalue weighted by Gasteiger charge is -2.04. The molecular weight excluding hydrogens is 314 g/mol. The van der Waals surface area contributed by atoms with Crippen molar-refractivity contribution < 1.29 is 4.79 Å². The van der Waals surface area contributed by atoms with Crippen LogP contribution in [0.25, 0.3) is 4.96 Å². The molecule has 0 radical (unpaired) electrons. The molecule has 0 aliphatic heterocycles. The molecule has 23 heavy (non-hydrogen) atoms. The number of nitrogens with one attached hydrogen (secondary N) is 1. The first-order valence-electron chi connectivity index (χ1n) is 7.24. The van der Waals surface area contributed by atoms with Crippen LogP contribution in [-0.2, 0) is 13.5 Å². The number of aryl methyl sites for hydroxylation is 4. The van der Waals surface area contributed by atoms with Crippen LogP contribution in [0.1, 0.15) is 33.5 Å². The summed E-state index contributed by atoms with van der Waals surface area (Å²) in [5.41, 5.74) is 1.87. The monoisotopic (exact) mass is 331 g/mol. The Morgan fingerprint density at radius 1 is 1.39 bits per heavy atom. The topological polar surface area (TPSA) is 81.3 Å². The first-order chi connectivity index (χ1) is 10.9. The van der Waals surface area contributed by atoms with E-state index in [1.54, 1.807) is 17.9 Å². The summed E-state index contributed by atoms with van der Waals surface area (Å²) in [7, 11) is 1.79. The summed E-state index contributed by atoms with van der Waals surface area (Å²) in [6.07, 6.45) is 3.75. The van der Waals surface area contributed by atoms with Crippen molar-refractivity contribution in [3.63, 3.8) is 0 Å². The van der Waals surface area contributed by atoms with Gasteiger partial charge in [-0.05, 0) is 20.3 Å². The van der Waals surface area contributed by atoms with Crippen molar-refractivity contribution in [2.75, 3.05) is 5.32 Å². The van der Waals surface area contributed by atoms with Crippen LogP contribution >= 0.6 is 11.3 Å². The number of nitrogens with zero attached hydrogens (tertiary/aromatic N) is 4. The highest BCUT2D eigenvalue weighted by Gasteiger charge is 2.18. The predicted octanol–water partition coefficient (Wildman–Crippen LogP) is 1.92. The van der Waals surface area contributed by atoms with Crippen molar-refractivity contribution in [2.45, 2.75) is 27.2 Å². The summed E-state index contributed by atoms with van der Waals surface area (Å²) in [6.45, 7) is 5.73. The highest BCUT2D eigenvalue weighted by molar-refractivity contribution is 7.17. The highest BCUT2D eigenvalue weighted by Crippen LogP contribution is 2.19. The van der Waals surface area contributed by atoms with E-state index in [0.29, 0.717) is 17.1 Å². The van der Waals surface area contributed by atoms with Crippen LogP contribution in [0, 0.1) is 13.8 Å². The molecule has 0 aliphatic carbocycles. The Bertz CT molecular complexity index is 966. The SMILES string of the molecule is CCc1nn(C)cc1NC(=O)c1cnc2sc(C)c(C)n2c1=O. The number of carbonyl (C=O) groups is 1. The minimum Gasteiger partial charge on any atom is -0.319 e. The van der Waals surface area contributed by atoms with Gasteiger partial charge in [-0.15, -0.1) is 11.3 Å². The first-order valence-corrected chi connectivity index (χ1v) is 8.05. The number of anilines is 1. The minimum absolute atomic E-state index is 0.0225. The Hall–Kier alpha value is -2.48. The summed E-state index contributed by atoms with van der Waals surface area (Å²) >= 11 is 1.43. The van der Waals surface area contributed by atoms with E-state index < -0.39 is 5.91 Å². The molecule has 120 valence electrons. The lowest BCUT2D eigenvalue weighted by molar-refractivity contribution is 0.102. The van der Waals surface area contributed by atoms with Crippen LogP contribution in [0.2, 0.25) is 0 Å². The molecule has 1 N–H and O–H groups in total. The van der Waals surface area contributed by atoms with E-state index in [1.165, 1.54) is 21.9 Å². The van der Waals surface area contributed by atoms with Crippen LogP contribution in [0.5, 0.6) is 0 Å². The third-order valence-electron chi connectivity index (χ3n) is 3.75. The van der Waals surface area contributed by atoms with Crippen LogP contribution in [0.15, 0.2) is 17.2 Å². The predicted molar refractivity (Wildman–Crippen MR) is 89.4 cm³/mol. The van der Waals surface area contributed by atoms with Crippen LogP contribution in [0.3, 0.4) is 0 Å². The van der Waals surface area contributed by atoms with Gasteiger partial charge >= 0.3 is 0 Å². The van der Waals surface area contributed by atoms with Crippen molar-refractivity contribution in [3.05, 3.63) is 44.6 Å². The van der Waals surface area contributed by atoms with Gasteiger partial charge in [-0.2, -0.15) is 5.10 Å². The minimum atomic E-state index is -0.470. The molecule has 0 fully saturated rings. The van der Waals surface area contributed by atoms with Crippen molar-refractivity contribution in [1.82, 2.24) is 19.2 Å². The van der Waals surface area contributed by atoms with E-state index >= 15 is 0 Å². The van der Waals surface area contributed by atoms with Crippen LogP contribution in [-0.4, -0.2) is 25.1 Å². The van der Waals surface area contributed by atoms with E-state index in [1.807, 2.05) is 20.8 Å². The number of aromatic nitrogens is 4. The summed E-state index contributed by atoms with van der Waals surface area (Å²) in [6, 6.07) is 0. The van der Waals surface area contributed by atoms with Crippen molar-refractivity contribution in [3.8, 4) is 0 Å². The van der Waals surface area contributed by atoms with Gasteiger partial charge in [-0.1, -0.05) is 6.92 Å². The molecule has 3 rings (SSSR count). The molecule has 0 unspecified atom stereocenters. The van der Waals surface area contributed by atoms with E-state index in [-0.39, 0.29) is 11.1 Å². The maximum Gasteiger partial charge on any atom is 0.271 e. The average Bonchev–Trinajstić information content (AvgIpc) is 3.00. The molecule has 0 saturated heterocycles.